The summed E-state index contributed by atoms with van der Waals surface area (Å²) in [6, 6.07) is 0.0220. The number of hydrogen-bond acceptors (Lipinski definition) is 3. The van der Waals surface area contributed by atoms with Crippen molar-refractivity contribution in [1.82, 2.24) is 9.03 Å². The molecule has 0 aliphatic carbocycles. The van der Waals surface area contributed by atoms with Gasteiger partial charge in [-0.05, 0) is 0 Å². The first kappa shape index (κ1) is 7.48. The van der Waals surface area contributed by atoms with Gasteiger partial charge in [0.05, 0.1) is 19.3 Å². The van der Waals surface area contributed by atoms with Gasteiger partial charge >= 0.3 is 0 Å². The van der Waals surface area contributed by atoms with E-state index in [9.17, 15) is 8.42 Å². The molecule has 2 saturated heterocycles. The van der Waals surface area contributed by atoms with Crippen LogP contribution in [0.3, 0.4) is 0 Å². The lowest BCUT2D eigenvalue weighted by molar-refractivity contribution is 0.0425. The third kappa shape index (κ3) is 1.16. The fourth-order valence-corrected chi connectivity index (χ4v) is 2.81. The van der Waals surface area contributed by atoms with E-state index in [0.717, 1.165) is 0 Å². The first-order valence-electron chi connectivity index (χ1n) is 3.54. The van der Waals surface area contributed by atoms with Gasteiger partial charge in [-0.3, -0.25) is 0 Å². The Hall–Kier alpha value is -0.170. The van der Waals surface area contributed by atoms with Gasteiger partial charge in [-0.1, -0.05) is 0 Å². The Morgan fingerprint density at radius 3 is 3.09 bits per heavy atom. The van der Waals surface area contributed by atoms with Gasteiger partial charge in [0.1, 0.15) is 0 Å². The molecule has 2 heterocycles. The van der Waals surface area contributed by atoms with Crippen molar-refractivity contribution in [2.75, 3.05) is 26.3 Å². The predicted octanol–water partition coefficient (Wildman–Crippen LogP) is -1.46. The molecule has 0 aromatic rings. The predicted molar refractivity (Wildman–Crippen MR) is 38.2 cm³/mol. The Labute approximate surface area is 65.5 Å². The lowest BCUT2D eigenvalue weighted by atomic mass is 10.3. The summed E-state index contributed by atoms with van der Waals surface area (Å²) in [6.45, 7) is 2.01. The van der Waals surface area contributed by atoms with Crippen LogP contribution >= 0.6 is 0 Å². The minimum Gasteiger partial charge on any atom is -0.378 e. The van der Waals surface area contributed by atoms with Crippen LogP contribution in [0.1, 0.15) is 0 Å². The van der Waals surface area contributed by atoms with E-state index >= 15 is 0 Å². The lowest BCUT2D eigenvalue weighted by Gasteiger charge is -2.26. The van der Waals surface area contributed by atoms with Crippen LogP contribution in [-0.4, -0.2) is 45.1 Å². The molecule has 1 N–H and O–H groups in total. The van der Waals surface area contributed by atoms with Crippen molar-refractivity contribution in [2.24, 2.45) is 0 Å². The molecule has 0 saturated carbocycles. The average molecular weight is 178 g/mol. The average Bonchev–Trinajstić information content (AvgIpc) is 2.29. The van der Waals surface area contributed by atoms with Crippen molar-refractivity contribution in [3.8, 4) is 0 Å². The second-order valence-electron chi connectivity index (χ2n) is 2.69. The minimum absolute atomic E-state index is 0.0220. The van der Waals surface area contributed by atoms with Crippen molar-refractivity contribution in [3.05, 3.63) is 0 Å². The number of rotatable bonds is 0. The third-order valence-corrected chi connectivity index (χ3v) is 3.61. The zero-order chi connectivity index (χ0) is 7.90. The molecule has 5 nitrogen and oxygen atoms in total. The van der Waals surface area contributed by atoms with Crippen LogP contribution in [0.15, 0.2) is 0 Å². The van der Waals surface area contributed by atoms with Gasteiger partial charge in [-0.2, -0.15) is 12.7 Å². The standard InChI is InChI=1S/C5H10N2O3S/c8-11(9)6-3-5-4-10-2-1-7(5)11/h5-6H,1-4H2. The molecule has 64 valence electrons. The molecule has 2 rings (SSSR count). The Morgan fingerprint density at radius 2 is 2.36 bits per heavy atom. The van der Waals surface area contributed by atoms with Crippen molar-refractivity contribution >= 4 is 10.2 Å². The molecule has 2 fully saturated rings. The molecule has 0 aromatic heterocycles. The number of ether oxygens (including phenoxy) is 1. The van der Waals surface area contributed by atoms with E-state index in [-0.39, 0.29) is 6.04 Å². The summed E-state index contributed by atoms with van der Waals surface area (Å²) in [7, 11) is -3.14. The first-order valence-corrected chi connectivity index (χ1v) is 4.98. The van der Waals surface area contributed by atoms with Crippen LogP contribution in [0.25, 0.3) is 0 Å². The summed E-state index contributed by atoms with van der Waals surface area (Å²) in [5, 5.41) is 0. The van der Waals surface area contributed by atoms with Gasteiger partial charge in [0.2, 0.25) is 0 Å². The second-order valence-corrected chi connectivity index (χ2v) is 4.40. The van der Waals surface area contributed by atoms with Crippen molar-refractivity contribution in [2.45, 2.75) is 6.04 Å². The quantitative estimate of drug-likeness (QED) is 0.493. The van der Waals surface area contributed by atoms with E-state index in [0.29, 0.717) is 26.3 Å². The van der Waals surface area contributed by atoms with Crippen LogP contribution < -0.4 is 4.72 Å². The van der Waals surface area contributed by atoms with E-state index in [1.54, 1.807) is 0 Å². The molecule has 2 aliphatic rings. The van der Waals surface area contributed by atoms with Gasteiger partial charge in [0.25, 0.3) is 10.2 Å². The van der Waals surface area contributed by atoms with Crippen molar-refractivity contribution in [3.63, 3.8) is 0 Å². The van der Waals surface area contributed by atoms with E-state index in [4.69, 9.17) is 4.74 Å². The molecule has 6 heteroatoms. The lowest BCUT2D eigenvalue weighted by Crippen LogP contribution is -2.44. The van der Waals surface area contributed by atoms with E-state index in [1.165, 1.54) is 4.31 Å². The van der Waals surface area contributed by atoms with Crippen molar-refractivity contribution < 1.29 is 13.2 Å². The van der Waals surface area contributed by atoms with Crippen LogP contribution in [0.5, 0.6) is 0 Å². The van der Waals surface area contributed by atoms with Crippen molar-refractivity contribution in [1.29, 1.82) is 0 Å². The molecule has 0 bridgehead atoms. The second kappa shape index (κ2) is 2.41. The zero-order valence-electron chi connectivity index (χ0n) is 5.99. The van der Waals surface area contributed by atoms with Crippen LogP contribution in [0, 0.1) is 0 Å². The fourth-order valence-electron chi connectivity index (χ4n) is 1.40. The molecular weight excluding hydrogens is 168 g/mol. The minimum atomic E-state index is -3.14. The normalized spacial score (nSPS) is 36.9. The third-order valence-electron chi connectivity index (χ3n) is 1.98. The zero-order valence-corrected chi connectivity index (χ0v) is 6.80. The highest BCUT2D eigenvalue weighted by molar-refractivity contribution is 7.87. The fraction of sp³-hybridized carbons (Fsp3) is 1.00. The van der Waals surface area contributed by atoms with Crippen LogP contribution in [-0.2, 0) is 14.9 Å². The Balaban J connectivity index is 2.23. The topological polar surface area (TPSA) is 58.6 Å². The molecule has 2 aliphatic heterocycles. The molecule has 0 amide bonds. The van der Waals surface area contributed by atoms with Crippen LogP contribution in [0.2, 0.25) is 0 Å². The number of hydrogen-bond donors (Lipinski definition) is 1. The molecule has 0 spiro atoms. The summed E-state index contributed by atoms with van der Waals surface area (Å²) in [4.78, 5) is 0. The molecular formula is C5H10N2O3S. The molecule has 1 unspecified atom stereocenters. The van der Waals surface area contributed by atoms with Gasteiger partial charge in [0, 0.05) is 13.1 Å². The SMILES string of the molecule is O=S1(=O)NCC2COCCN21. The maximum absolute atomic E-state index is 11.2. The van der Waals surface area contributed by atoms with Gasteiger partial charge in [0.15, 0.2) is 0 Å². The maximum atomic E-state index is 11.2. The van der Waals surface area contributed by atoms with Gasteiger partial charge in [-0.25, -0.2) is 4.72 Å². The number of morpholine rings is 1. The smallest absolute Gasteiger partial charge is 0.279 e. The molecule has 1 atom stereocenters. The van der Waals surface area contributed by atoms with Crippen LogP contribution in [0.4, 0.5) is 0 Å². The molecule has 11 heavy (non-hydrogen) atoms. The number of fused-ring (bicyclic) bond motifs is 1. The highest BCUT2D eigenvalue weighted by atomic mass is 32.2. The summed E-state index contributed by atoms with van der Waals surface area (Å²) in [5.74, 6) is 0. The highest BCUT2D eigenvalue weighted by Gasteiger charge is 2.38. The maximum Gasteiger partial charge on any atom is 0.279 e. The molecule has 0 aromatic carbocycles. The number of nitrogens with zero attached hydrogens (tertiary/aromatic N) is 1. The highest BCUT2D eigenvalue weighted by Crippen LogP contribution is 2.15. The largest absolute Gasteiger partial charge is 0.378 e. The van der Waals surface area contributed by atoms with E-state index in [1.807, 2.05) is 0 Å². The molecule has 0 radical (unpaired) electrons. The monoisotopic (exact) mass is 178 g/mol. The summed E-state index contributed by atoms with van der Waals surface area (Å²) >= 11 is 0. The van der Waals surface area contributed by atoms with E-state index < -0.39 is 10.2 Å². The summed E-state index contributed by atoms with van der Waals surface area (Å²) in [5.41, 5.74) is 0. The van der Waals surface area contributed by atoms with Gasteiger partial charge < -0.3 is 4.74 Å². The Bertz CT molecular complexity index is 250. The first-order chi connectivity index (χ1) is 5.20. The number of nitrogens with one attached hydrogen (secondary N) is 1. The Kier molecular flexibility index (Phi) is 1.64. The summed E-state index contributed by atoms with van der Waals surface area (Å²) < 4.78 is 31.4. The Morgan fingerprint density at radius 1 is 1.55 bits per heavy atom. The van der Waals surface area contributed by atoms with Gasteiger partial charge in [-0.15, -0.1) is 0 Å². The summed E-state index contributed by atoms with van der Waals surface area (Å²) in [6.07, 6.45) is 0. The van der Waals surface area contributed by atoms with E-state index in [2.05, 4.69) is 4.72 Å².